The van der Waals surface area contributed by atoms with Gasteiger partial charge in [-0.3, -0.25) is 0 Å². The Balaban J connectivity index is 1.47. The van der Waals surface area contributed by atoms with Crippen LogP contribution in [0.5, 0.6) is 11.6 Å². The molecule has 2 aromatic carbocycles. The predicted octanol–water partition coefficient (Wildman–Crippen LogP) is 4.66. The van der Waals surface area contributed by atoms with Crippen molar-refractivity contribution in [1.29, 1.82) is 0 Å². The lowest BCUT2D eigenvalue weighted by atomic mass is 10.0. The minimum atomic E-state index is 0.434. The Morgan fingerprint density at radius 2 is 1.86 bits per heavy atom. The molecule has 4 aromatic rings. The van der Waals surface area contributed by atoms with Gasteiger partial charge in [-0.05, 0) is 53.9 Å². The molecule has 0 N–H and O–H groups in total. The zero-order valence-corrected chi connectivity index (χ0v) is 15.0. The normalized spacial score (nSPS) is 13.1. The van der Waals surface area contributed by atoms with Gasteiger partial charge in [0.25, 0.3) is 5.89 Å². The fourth-order valence-electron chi connectivity index (χ4n) is 3.19. The summed E-state index contributed by atoms with van der Waals surface area (Å²) in [6, 6.07) is 19.3. The van der Waals surface area contributed by atoms with Crippen molar-refractivity contribution in [1.82, 2.24) is 15.1 Å². The average molecular weight is 371 g/mol. The first-order chi connectivity index (χ1) is 13.9. The minimum absolute atomic E-state index is 0.434. The van der Waals surface area contributed by atoms with Crippen molar-refractivity contribution in [2.24, 2.45) is 0 Å². The molecule has 2 aromatic heterocycles. The third-order valence-electron chi connectivity index (χ3n) is 4.62. The Morgan fingerprint density at radius 1 is 0.929 bits per heavy atom. The number of rotatable bonds is 4. The molecule has 1 aliphatic heterocycles. The molecule has 0 atom stereocenters. The van der Waals surface area contributed by atoms with E-state index in [2.05, 4.69) is 27.3 Å². The quantitative estimate of drug-likeness (QED) is 0.519. The third-order valence-corrected chi connectivity index (χ3v) is 4.62. The topological polar surface area (TPSA) is 70.3 Å². The summed E-state index contributed by atoms with van der Waals surface area (Å²) in [5, 5.41) is 4.15. The Bertz CT molecular complexity index is 1110. The molecule has 6 nitrogen and oxygen atoms in total. The maximum atomic E-state index is 5.91. The van der Waals surface area contributed by atoms with Gasteiger partial charge in [0.1, 0.15) is 5.75 Å². The molecule has 0 unspecified atom stereocenters. The van der Waals surface area contributed by atoms with Gasteiger partial charge in [-0.2, -0.15) is 4.98 Å². The molecule has 0 amide bonds. The van der Waals surface area contributed by atoms with Gasteiger partial charge in [0, 0.05) is 11.8 Å². The summed E-state index contributed by atoms with van der Waals surface area (Å²) < 4.78 is 16.9. The summed E-state index contributed by atoms with van der Waals surface area (Å²) in [6.07, 6.45) is 2.57. The van der Waals surface area contributed by atoms with E-state index in [-0.39, 0.29) is 0 Å². The smallest absolute Gasteiger partial charge is 0.258 e. The van der Waals surface area contributed by atoms with E-state index in [9.17, 15) is 0 Å². The molecular formula is C22H17N3O3. The van der Waals surface area contributed by atoms with Gasteiger partial charge < -0.3 is 14.0 Å². The van der Waals surface area contributed by atoms with Gasteiger partial charge in [-0.1, -0.05) is 29.4 Å². The van der Waals surface area contributed by atoms with E-state index < -0.39 is 0 Å². The largest absolute Gasteiger partial charge is 0.438 e. The van der Waals surface area contributed by atoms with Gasteiger partial charge in [0.15, 0.2) is 0 Å². The number of hydrogen-bond acceptors (Lipinski definition) is 6. The van der Waals surface area contributed by atoms with Crippen molar-refractivity contribution in [2.45, 2.75) is 13.0 Å². The molecule has 5 rings (SSSR count). The molecule has 0 fully saturated rings. The van der Waals surface area contributed by atoms with Gasteiger partial charge in [0.05, 0.1) is 18.8 Å². The molecule has 6 heteroatoms. The monoisotopic (exact) mass is 371 g/mol. The van der Waals surface area contributed by atoms with E-state index in [1.54, 1.807) is 6.20 Å². The molecule has 0 radical (unpaired) electrons. The molecule has 138 valence electrons. The van der Waals surface area contributed by atoms with Crippen molar-refractivity contribution in [3.8, 4) is 34.5 Å². The number of fused-ring (bicyclic) bond motifs is 1. The first-order valence-electron chi connectivity index (χ1n) is 9.09. The average Bonchev–Trinajstić information content (AvgIpc) is 3.25. The van der Waals surface area contributed by atoms with E-state index >= 15 is 0 Å². The van der Waals surface area contributed by atoms with Gasteiger partial charge in [-0.15, -0.1) is 0 Å². The molecule has 0 bridgehead atoms. The van der Waals surface area contributed by atoms with Crippen molar-refractivity contribution in [3.63, 3.8) is 0 Å². The maximum absolute atomic E-state index is 5.91. The van der Waals surface area contributed by atoms with E-state index in [4.69, 9.17) is 14.0 Å². The van der Waals surface area contributed by atoms with Crippen LogP contribution in [0.4, 0.5) is 0 Å². The lowest BCUT2D eigenvalue weighted by molar-refractivity contribution is 0.111. The summed E-state index contributed by atoms with van der Waals surface area (Å²) >= 11 is 0. The van der Waals surface area contributed by atoms with Crippen LogP contribution in [-0.4, -0.2) is 21.7 Å². The molecule has 28 heavy (non-hydrogen) atoms. The molecule has 0 saturated carbocycles. The van der Waals surface area contributed by atoms with Crippen molar-refractivity contribution in [2.75, 3.05) is 6.61 Å². The van der Waals surface area contributed by atoms with Gasteiger partial charge in [-0.25, -0.2) is 4.98 Å². The van der Waals surface area contributed by atoms with Crippen LogP contribution in [0.1, 0.15) is 11.1 Å². The van der Waals surface area contributed by atoms with Crippen LogP contribution in [0, 0.1) is 0 Å². The standard InChI is InChI=1S/C22H17N3O3/c1-2-5-18(6-3-1)27-22-19(7-4-11-23-22)20-24-21(28-25-20)16-8-9-17-14-26-12-10-15(17)13-16/h1-9,11,13H,10,12,14H2. The van der Waals surface area contributed by atoms with E-state index in [0.717, 1.165) is 18.6 Å². The van der Waals surface area contributed by atoms with Crippen LogP contribution in [0.15, 0.2) is 71.4 Å². The van der Waals surface area contributed by atoms with Crippen LogP contribution >= 0.6 is 0 Å². The number of aromatic nitrogens is 3. The van der Waals surface area contributed by atoms with Gasteiger partial charge in [0.2, 0.25) is 11.7 Å². The van der Waals surface area contributed by atoms with Crippen LogP contribution in [0.3, 0.4) is 0 Å². The van der Waals surface area contributed by atoms with Crippen LogP contribution in [-0.2, 0) is 17.8 Å². The molecule has 0 saturated heterocycles. The Kier molecular flexibility index (Phi) is 4.31. The molecule has 1 aliphatic rings. The summed E-state index contributed by atoms with van der Waals surface area (Å²) in [6.45, 7) is 1.39. The number of nitrogens with zero attached hydrogens (tertiary/aromatic N) is 3. The molecular weight excluding hydrogens is 354 g/mol. The number of hydrogen-bond donors (Lipinski definition) is 0. The molecule has 0 spiro atoms. The summed E-state index contributed by atoms with van der Waals surface area (Å²) in [5.41, 5.74) is 4.04. The fourth-order valence-corrected chi connectivity index (χ4v) is 3.19. The highest BCUT2D eigenvalue weighted by Crippen LogP contribution is 2.31. The predicted molar refractivity (Wildman–Crippen MR) is 103 cm³/mol. The third kappa shape index (κ3) is 3.25. The van der Waals surface area contributed by atoms with Crippen LogP contribution in [0.25, 0.3) is 22.8 Å². The Morgan fingerprint density at radius 3 is 2.79 bits per heavy atom. The molecule has 3 heterocycles. The SMILES string of the molecule is c1ccc(Oc2ncccc2-c2noc(-c3ccc4c(c3)CCOC4)n2)cc1. The Labute approximate surface area is 161 Å². The first-order valence-corrected chi connectivity index (χ1v) is 9.09. The highest BCUT2D eigenvalue weighted by atomic mass is 16.5. The second kappa shape index (κ2) is 7.25. The van der Waals surface area contributed by atoms with E-state index in [0.29, 0.717) is 35.5 Å². The fraction of sp³-hybridized carbons (Fsp3) is 0.136. The highest BCUT2D eigenvalue weighted by Gasteiger charge is 2.18. The van der Waals surface area contributed by atoms with Crippen LogP contribution in [0.2, 0.25) is 0 Å². The number of para-hydroxylation sites is 1. The van der Waals surface area contributed by atoms with Crippen LogP contribution < -0.4 is 4.74 Å². The first kappa shape index (κ1) is 16.6. The highest BCUT2D eigenvalue weighted by molar-refractivity contribution is 5.65. The van der Waals surface area contributed by atoms with Crippen molar-refractivity contribution < 1.29 is 14.0 Å². The zero-order chi connectivity index (χ0) is 18.8. The maximum Gasteiger partial charge on any atom is 0.258 e. The number of pyridine rings is 1. The lowest BCUT2D eigenvalue weighted by Crippen LogP contribution is -2.09. The van der Waals surface area contributed by atoms with E-state index in [1.807, 2.05) is 48.5 Å². The lowest BCUT2D eigenvalue weighted by Gasteiger charge is -2.16. The van der Waals surface area contributed by atoms with E-state index in [1.165, 1.54) is 11.1 Å². The van der Waals surface area contributed by atoms with Crippen molar-refractivity contribution in [3.05, 3.63) is 78.0 Å². The minimum Gasteiger partial charge on any atom is -0.438 e. The van der Waals surface area contributed by atoms with Crippen molar-refractivity contribution >= 4 is 0 Å². The summed E-state index contributed by atoms with van der Waals surface area (Å²) in [5.74, 6) is 2.04. The second-order valence-corrected chi connectivity index (χ2v) is 6.48. The van der Waals surface area contributed by atoms with Gasteiger partial charge >= 0.3 is 0 Å². The molecule has 0 aliphatic carbocycles. The zero-order valence-electron chi connectivity index (χ0n) is 15.0. The number of benzene rings is 2. The second-order valence-electron chi connectivity index (χ2n) is 6.48. The summed E-state index contributed by atoms with van der Waals surface area (Å²) in [4.78, 5) is 8.91. The summed E-state index contributed by atoms with van der Waals surface area (Å²) in [7, 11) is 0. The Hall–Kier alpha value is -3.51. The number of ether oxygens (including phenoxy) is 2.